The zero-order valence-corrected chi connectivity index (χ0v) is 6.02. The predicted molar refractivity (Wildman–Crippen MR) is 37.5 cm³/mol. The Morgan fingerprint density at radius 1 is 1.67 bits per heavy atom. The minimum Gasteiger partial charge on any atom is -0.381 e. The van der Waals surface area contributed by atoms with Crippen LogP contribution in [0.4, 0.5) is 0 Å². The van der Waals surface area contributed by atoms with Gasteiger partial charge in [-0.05, 0) is 32.4 Å². The summed E-state index contributed by atoms with van der Waals surface area (Å²) in [6.07, 6.45) is 2.54. The van der Waals surface area contributed by atoms with Crippen molar-refractivity contribution < 1.29 is 4.74 Å². The van der Waals surface area contributed by atoms with Crippen molar-refractivity contribution in [3.63, 3.8) is 0 Å². The van der Waals surface area contributed by atoms with E-state index in [1.165, 1.54) is 12.8 Å². The fourth-order valence-electron chi connectivity index (χ4n) is 1.16. The van der Waals surface area contributed by atoms with Gasteiger partial charge in [0.05, 0.1) is 0 Å². The van der Waals surface area contributed by atoms with Gasteiger partial charge in [0.2, 0.25) is 0 Å². The molecule has 9 heavy (non-hydrogen) atoms. The molecule has 2 heteroatoms. The van der Waals surface area contributed by atoms with E-state index in [1.54, 1.807) is 0 Å². The number of hydrogen-bond donors (Lipinski definition) is 1. The third-order valence-electron chi connectivity index (χ3n) is 1.83. The molecule has 1 rings (SSSR count). The lowest BCUT2D eigenvalue weighted by Crippen LogP contribution is -2.12. The van der Waals surface area contributed by atoms with Gasteiger partial charge in [-0.2, -0.15) is 0 Å². The summed E-state index contributed by atoms with van der Waals surface area (Å²) in [4.78, 5) is 0. The van der Waals surface area contributed by atoms with Crippen molar-refractivity contribution in [1.82, 2.24) is 5.32 Å². The van der Waals surface area contributed by atoms with E-state index in [0.717, 1.165) is 25.7 Å². The Labute approximate surface area is 56.6 Å². The van der Waals surface area contributed by atoms with E-state index < -0.39 is 0 Å². The molecular formula is C7H15NO. The molecule has 0 bridgehead atoms. The lowest BCUT2D eigenvalue weighted by Gasteiger charge is -2.04. The minimum absolute atomic E-state index is 0.831. The Morgan fingerprint density at radius 2 is 2.56 bits per heavy atom. The molecule has 2 nitrogen and oxygen atoms in total. The summed E-state index contributed by atoms with van der Waals surface area (Å²) < 4.78 is 5.23. The maximum Gasteiger partial charge on any atom is 0.0495 e. The third kappa shape index (κ3) is 2.33. The maximum atomic E-state index is 5.23. The van der Waals surface area contributed by atoms with Crippen molar-refractivity contribution >= 4 is 0 Å². The number of nitrogens with one attached hydrogen (secondary N) is 1. The van der Waals surface area contributed by atoms with Crippen LogP contribution in [0.25, 0.3) is 0 Å². The lowest BCUT2D eigenvalue weighted by atomic mass is 10.1. The lowest BCUT2D eigenvalue weighted by molar-refractivity contribution is 0.184. The molecule has 0 spiro atoms. The Hall–Kier alpha value is -0.0800. The molecule has 0 unspecified atom stereocenters. The second kappa shape index (κ2) is 3.85. The molecule has 1 N–H and O–H groups in total. The van der Waals surface area contributed by atoms with E-state index in [4.69, 9.17) is 4.74 Å². The molecule has 0 aromatic rings. The first-order valence-electron chi connectivity index (χ1n) is 3.66. The Morgan fingerprint density at radius 3 is 3.11 bits per heavy atom. The van der Waals surface area contributed by atoms with Crippen LogP contribution in [0.2, 0.25) is 0 Å². The topological polar surface area (TPSA) is 21.3 Å². The van der Waals surface area contributed by atoms with E-state index in [2.05, 4.69) is 5.32 Å². The first kappa shape index (κ1) is 7.03. The molecule has 1 saturated heterocycles. The summed E-state index contributed by atoms with van der Waals surface area (Å²) in [5.41, 5.74) is 0. The highest BCUT2D eigenvalue weighted by molar-refractivity contribution is 4.64. The van der Waals surface area contributed by atoms with Gasteiger partial charge in [-0.25, -0.2) is 0 Å². The largest absolute Gasteiger partial charge is 0.381 e. The van der Waals surface area contributed by atoms with E-state index >= 15 is 0 Å². The molecular weight excluding hydrogens is 114 g/mol. The molecule has 0 radical (unpaired) electrons. The number of hydrogen-bond acceptors (Lipinski definition) is 2. The average Bonchev–Trinajstić information content (AvgIpc) is 2.34. The summed E-state index contributed by atoms with van der Waals surface area (Å²) in [5, 5.41) is 3.14. The van der Waals surface area contributed by atoms with Crippen LogP contribution in [-0.4, -0.2) is 26.8 Å². The summed E-state index contributed by atoms with van der Waals surface area (Å²) in [6.45, 7) is 3.10. The Balaban J connectivity index is 1.98. The molecule has 0 amide bonds. The second-order valence-electron chi connectivity index (χ2n) is 2.62. The van der Waals surface area contributed by atoms with Crippen LogP contribution < -0.4 is 5.32 Å². The van der Waals surface area contributed by atoms with Crippen LogP contribution in [0.15, 0.2) is 0 Å². The molecule has 0 aromatic heterocycles. The van der Waals surface area contributed by atoms with Gasteiger partial charge in [-0.15, -0.1) is 0 Å². The highest BCUT2D eigenvalue weighted by Crippen LogP contribution is 2.14. The summed E-state index contributed by atoms with van der Waals surface area (Å²) >= 11 is 0. The normalized spacial score (nSPS) is 27.0. The molecule has 1 fully saturated rings. The van der Waals surface area contributed by atoms with E-state index in [9.17, 15) is 0 Å². The average molecular weight is 129 g/mol. The minimum atomic E-state index is 0.831. The first-order valence-corrected chi connectivity index (χ1v) is 3.66. The molecule has 0 aromatic carbocycles. The molecule has 54 valence electrons. The van der Waals surface area contributed by atoms with Crippen molar-refractivity contribution in [3.8, 4) is 0 Å². The van der Waals surface area contributed by atoms with E-state index in [-0.39, 0.29) is 0 Å². The highest BCUT2D eigenvalue weighted by atomic mass is 16.5. The van der Waals surface area contributed by atoms with Gasteiger partial charge < -0.3 is 10.1 Å². The molecule has 0 saturated carbocycles. The predicted octanol–water partition coefficient (Wildman–Crippen LogP) is 0.632. The van der Waals surface area contributed by atoms with Gasteiger partial charge >= 0.3 is 0 Å². The Kier molecular flexibility index (Phi) is 3.01. The van der Waals surface area contributed by atoms with Crippen molar-refractivity contribution in [2.24, 2.45) is 5.92 Å². The first-order chi connectivity index (χ1) is 4.43. The SMILES string of the molecule is CNCC[C@H]1CCOC1. The highest BCUT2D eigenvalue weighted by Gasteiger charge is 2.13. The fraction of sp³-hybridized carbons (Fsp3) is 1.00. The van der Waals surface area contributed by atoms with Gasteiger partial charge in [0.15, 0.2) is 0 Å². The molecule has 1 heterocycles. The van der Waals surface area contributed by atoms with Crippen LogP contribution in [0.1, 0.15) is 12.8 Å². The van der Waals surface area contributed by atoms with Crippen molar-refractivity contribution in [2.45, 2.75) is 12.8 Å². The van der Waals surface area contributed by atoms with Crippen molar-refractivity contribution in [2.75, 3.05) is 26.8 Å². The van der Waals surface area contributed by atoms with Crippen LogP contribution >= 0.6 is 0 Å². The Bertz CT molecular complexity index is 69.3. The van der Waals surface area contributed by atoms with Gasteiger partial charge in [0.25, 0.3) is 0 Å². The smallest absolute Gasteiger partial charge is 0.0495 e. The second-order valence-corrected chi connectivity index (χ2v) is 2.62. The van der Waals surface area contributed by atoms with Gasteiger partial charge in [-0.3, -0.25) is 0 Å². The molecule has 1 aliphatic rings. The van der Waals surface area contributed by atoms with E-state index in [1.807, 2.05) is 7.05 Å². The van der Waals surface area contributed by atoms with Crippen molar-refractivity contribution in [1.29, 1.82) is 0 Å². The van der Waals surface area contributed by atoms with Crippen LogP contribution in [0, 0.1) is 5.92 Å². The fourth-order valence-corrected chi connectivity index (χ4v) is 1.16. The molecule has 1 aliphatic heterocycles. The third-order valence-corrected chi connectivity index (χ3v) is 1.83. The number of rotatable bonds is 3. The maximum absolute atomic E-state index is 5.23. The number of ether oxygens (including phenoxy) is 1. The summed E-state index contributed by atoms with van der Waals surface area (Å²) in [7, 11) is 2.00. The van der Waals surface area contributed by atoms with Crippen LogP contribution in [-0.2, 0) is 4.74 Å². The van der Waals surface area contributed by atoms with Gasteiger partial charge in [-0.1, -0.05) is 0 Å². The van der Waals surface area contributed by atoms with Gasteiger partial charge in [0, 0.05) is 13.2 Å². The quantitative estimate of drug-likeness (QED) is 0.603. The zero-order chi connectivity index (χ0) is 6.53. The molecule has 0 aliphatic carbocycles. The summed E-state index contributed by atoms with van der Waals surface area (Å²) in [5.74, 6) is 0.831. The van der Waals surface area contributed by atoms with Crippen LogP contribution in [0.3, 0.4) is 0 Å². The van der Waals surface area contributed by atoms with Crippen molar-refractivity contribution in [3.05, 3.63) is 0 Å². The monoisotopic (exact) mass is 129 g/mol. The van der Waals surface area contributed by atoms with E-state index in [0.29, 0.717) is 0 Å². The summed E-state index contributed by atoms with van der Waals surface area (Å²) in [6, 6.07) is 0. The molecule has 1 atom stereocenters. The zero-order valence-electron chi connectivity index (χ0n) is 6.02. The standard InChI is InChI=1S/C7H15NO/c1-8-4-2-7-3-5-9-6-7/h7-8H,2-6H2,1H3/t7-/m0/s1. The van der Waals surface area contributed by atoms with Gasteiger partial charge in [0.1, 0.15) is 0 Å². The van der Waals surface area contributed by atoms with Crippen LogP contribution in [0.5, 0.6) is 0 Å².